The van der Waals surface area contributed by atoms with Gasteiger partial charge in [0.05, 0.1) is 22.8 Å². The number of rotatable bonds is 1. The van der Waals surface area contributed by atoms with Crippen LogP contribution >= 0.6 is 0 Å². The highest BCUT2D eigenvalue weighted by atomic mass is 32.2. The van der Waals surface area contributed by atoms with Gasteiger partial charge in [-0.15, -0.1) is 0 Å². The molecule has 1 aliphatic heterocycles. The first-order chi connectivity index (χ1) is 10.8. The van der Waals surface area contributed by atoms with Gasteiger partial charge in [0.15, 0.2) is 9.84 Å². The fraction of sp³-hybridized carbons (Fsp3) is 0.688. The van der Waals surface area contributed by atoms with Crippen LogP contribution in [0.2, 0.25) is 0 Å². The third-order valence-corrected chi connectivity index (χ3v) is 7.70. The van der Waals surface area contributed by atoms with Gasteiger partial charge in [-0.25, -0.2) is 13.2 Å². The Kier molecular flexibility index (Phi) is 4.16. The maximum absolute atomic E-state index is 12.6. The van der Waals surface area contributed by atoms with Crippen LogP contribution in [0.5, 0.6) is 0 Å². The summed E-state index contributed by atoms with van der Waals surface area (Å²) in [4.78, 5) is 14.2. The maximum Gasteiger partial charge on any atom is 0.317 e. The molecular formula is C16H24N2O4S. The van der Waals surface area contributed by atoms with E-state index in [2.05, 4.69) is 5.32 Å². The van der Waals surface area contributed by atoms with Gasteiger partial charge in [0, 0.05) is 25.1 Å². The van der Waals surface area contributed by atoms with Crippen LogP contribution in [-0.2, 0) is 16.3 Å². The molecule has 1 aromatic heterocycles. The molecule has 1 aromatic rings. The molecule has 3 rings (SSSR count). The minimum atomic E-state index is -3.17. The quantitative estimate of drug-likeness (QED) is 0.850. The standard InChI is InChI=1S/C16H24N2O4S/c1-16(2)7-8-18(9-11-23(16,20)21)15(19)17-13-4-3-5-14-12(13)6-10-22-14/h6,10,13H,3-5,7-9,11H2,1-2H3,(H,17,19)/t13-/m1/s1. The normalized spacial score (nSPS) is 26.2. The predicted octanol–water partition coefficient (Wildman–Crippen LogP) is 2.27. The molecule has 1 atom stereocenters. The summed E-state index contributed by atoms with van der Waals surface area (Å²) >= 11 is 0. The Morgan fingerprint density at radius 1 is 1.39 bits per heavy atom. The van der Waals surface area contributed by atoms with Gasteiger partial charge in [-0.3, -0.25) is 0 Å². The van der Waals surface area contributed by atoms with Crippen molar-refractivity contribution in [3.8, 4) is 0 Å². The van der Waals surface area contributed by atoms with Crippen molar-refractivity contribution >= 4 is 15.9 Å². The average Bonchev–Trinajstić information content (AvgIpc) is 2.92. The van der Waals surface area contributed by atoms with Crippen molar-refractivity contribution < 1.29 is 17.6 Å². The maximum atomic E-state index is 12.6. The van der Waals surface area contributed by atoms with Gasteiger partial charge in [-0.1, -0.05) is 0 Å². The zero-order chi connectivity index (χ0) is 16.7. The first-order valence-corrected chi connectivity index (χ1v) is 9.79. The Hall–Kier alpha value is -1.50. The van der Waals surface area contributed by atoms with Crippen LogP contribution in [0.25, 0.3) is 0 Å². The Labute approximate surface area is 137 Å². The Morgan fingerprint density at radius 3 is 2.96 bits per heavy atom. The number of nitrogens with one attached hydrogen (secondary N) is 1. The van der Waals surface area contributed by atoms with E-state index >= 15 is 0 Å². The zero-order valence-electron chi connectivity index (χ0n) is 13.7. The summed E-state index contributed by atoms with van der Waals surface area (Å²) in [6.07, 6.45) is 4.90. The number of amides is 2. The minimum Gasteiger partial charge on any atom is -0.469 e. The van der Waals surface area contributed by atoms with Crippen LogP contribution < -0.4 is 5.32 Å². The number of hydrogen-bond acceptors (Lipinski definition) is 4. The number of carbonyl (C=O) groups excluding carboxylic acids is 1. The van der Waals surface area contributed by atoms with Crippen molar-refractivity contribution in [3.63, 3.8) is 0 Å². The van der Waals surface area contributed by atoms with Crippen molar-refractivity contribution in [1.29, 1.82) is 0 Å². The number of hydrogen-bond donors (Lipinski definition) is 1. The van der Waals surface area contributed by atoms with Crippen molar-refractivity contribution in [3.05, 3.63) is 23.7 Å². The first-order valence-electron chi connectivity index (χ1n) is 8.14. The lowest BCUT2D eigenvalue weighted by molar-refractivity contribution is 0.194. The van der Waals surface area contributed by atoms with E-state index in [0.29, 0.717) is 13.0 Å². The SMILES string of the molecule is CC1(C)CCN(C(=O)N[C@@H]2CCCc3occc32)CCS1(=O)=O. The number of carbonyl (C=O) groups is 1. The largest absolute Gasteiger partial charge is 0.469 e. The lowest BCUT2D eigenvalue weighted by atomic mass is 9.93. The highest BCUT2D eigenvalue weighted by Gasteiger charge is 2.38. The number of furan rings is 1. The van der Waals surface area contributed by atoms with E-state index in [-0.39, 0.29) is 24.4 Å². The minimum absolute atomic E-state index is 0.0229. The Bertz CT molecular complexity index is 693. The predicted molar refractivity (Wildman–Crippen MR) is 87.0 cm³/mol. The zero-order valence-corrected chi connectivity index (χ0v) is 14.5. The van der Waals surface area contributed by atoms with Crippen LogP contribution in [0.3, 0.4) is 0 Å². The third-order valence-electron chi connectivity index (χ3n) is 5.09. The Morgan fingerprint density at radius 2 is 2.17 bits per heavy atom. The fourth-order valence-corrected chi connectivity index (χ4v) is 4.67. The molecule has 7 heteroatoms. The molecule has 2 amide bonds. The van der Waals surface area contributed by atoms with Crippen molar-refractivity contribution in [2.75, 3.05) is 18.8 Å². The van der Waals surface area contributed by atoms with E-state index in [1.807, 2.05) is 6.07 Å². The summed E-state index contributed by atoms with van der Waals surface area (Å²) in [6, 6.07) is 1.69. The molecule has 0 bridgehead atoms. The molecule has 6 nitrogen and oxygen atoms in total. The molecule has 2 heterocycles. The van der Waals surface area contributed by atoms with Gasteiger partial charge in [0.1, 0.15) is 5.76 Å². The second-order valence-corrected chi connectivity index (χ2v) is 9.75. The lowest BCUT2D eigenvalue weighted by Crippen LogP contribution is -2.43. The molecule has 1 saturated heterocycles. The van der Waals surface area contributed by atoms with Crippen molar-refractivity contribution in [2.24, 2.45) is 0 Å². The highest BCUT2D eigenvalue weighted by Crippen LogP contribution is 2.31. The highest BCUT2D eigenvalue weighted by molar-refractivity contribution is 7.92. The molecule has 0 unspecified atom stereocenters. The molecule has 2 aliphatic rings. The van der Waals surface area contributed by atoms with Crippen LogP contribution in [0, 0.1) is 0 Å². The molecule has 23 heavy (non-hydrogen) atoms. The van der Waals surface area contributed by atoms with Crippen LogP contribution in [0.4, 0.5) is 4.79 Å². The second kappa shape index (κ2) is 5.85. The molecule has 0 aromatic carbocycles. The molecular weight excluding hydrogens is 316 g/mol. The van der Waals surface area contributed by atoms with E-state index in [9.17, 15) is 13.2 Å². The van der Waals surface area contributed by atoms with E-state index in [4.69, 9.17) is 4.42 Å². The van der Waals surface area contributed by atoms with Gasteiger partial charge in [0.2, 0.25) is 0 Å². The van der Waals surface area contributed by atoms with Gasteiger partial charge < -0.3 is 14.6 Å². The summed E-state index contributed by atoms with van der Waals surface area (Å²) in [5.74, 6) is 0.968. The second-order valence-electron chi connectivity index (χ2n) is 7.01. The fourth-order valence-electron chi connectivity index (χ4n) is 3.26. The van der Waals surface area contributed by atoms with Crippen molar-refractivity contribution in [2.45, 2.75) is 50.3 Å². The summed E-state index contributed by atoms with van der Waals surface area (Å²) in [5.41, 5.74) is 1.05. The number of fused-ring (bicyclic) bond motifs is 1. The topological polar surface area (TPSA) is 79.6 Å². The van der Waals surface area contributed by atoms with Gasteiger partial charge in [0.25, 0.3) is 0 Å². The number of urea groups is 1. The molecule has 0 radical (unpaired) electrons. The Balaban J connectivity index is 1.68. The average molecular weight is 340 g/mol. The smallest absolute Gasteiger partial charge is 0.317 e. The molecule has 1 N–H and O–H groups in total. The number of sulfone groups is 1. The van der Waals surface area contributed by atoms with Crippen LogP contribution in [0.15, 0.2) is 16.7 Å². The molecule has 0 spiro atoms. The monoisotopic (exact) mass is 340 g/mol. The molecule has 1 aliphatic carbocycles. The molecule has 0 saturated carbocycles. The summed E-state index contributed by atoms with van der Waals surface area (Å²) in [7, 11) is -3.17. The van der Waals surface area contributed by atoms with E-state index in [1.165, 1.54) is 0 Å². The van der Waals surface area contributed by atoms with E-state index in [0.717, 1.165) is 30.6 Å². The summed E-state index contributed by atoms with van der Waals surface area (Å²) in [5, 5.41) is 3.05. The number of nitrogens with zero attached hydrogens (tertiary/aromatic N) is 1. The van der Waals surface area contributed by atoms with Gasteiger partial charge in [-0.05, 0) is 39.2 Å². The van der Waals surface area contributed by atoms with E-state index < -0.39 is 14.6 Å². The lowest BCUT2D eigenvalue weighted by Gasteiger charge is -2.27. The van der Waals surface area contributed by atoms with Gasteiger partial charge >= 0.3 is 6.03 Å². The van der Waals surface area contributed by atoms with Crippen molar-refractivity contribution in [1.82, 2.24) is 10.2 Å². The third kappa shape index (κ3) is 3.11. The summed E-state index contributed by atoms with van der Waals surface area (Å²) < 4.78 is 29.1. The van der Waals surface area contributed by atoms with Crippen LogP contribution in [0.1, 0.15) is 50.5 Å². The number of aryl methyl sites for hydroxylation is 1. The summed E-state index contributed by atoms with van der Waals surface area (Å²) in [6.45, 7) is 4.19. The molecule has 128 valence electrons. The molecule has 1 fully saturated rings. The van der Waals surface area contributed by atoms with Gasteiger partial charge in [-0.2, -0.15) is 0 Å². The first kappa shape index (κ1) is 16.4. The van der Waals surface area contributed by atoms with E-state index in [1.54, 1.807) is 25.0 Å². The van der Waals surface area contributed by atoms with Crippen LogP contribution in [-0.4, -0.2) is 42.9 Å².